The summed E-state index contributed by atoms with van der Waals surface area (Å²) in [6.07, 6.45) is 3.91. The second-order valence-electron chi connectivity index (χ2n) is 8.74. The standard InChI is InChI=1S/C22H32N2O3/c1-23(2)20-17-5-3-4-6-18(17)22(21(20)26)9-11-24(12-10-22)19(25)15-16-7-13-27-14-8-16/h3-6,16,20-21,26H,7-15H2,1-2H3/t20-,21+/m1/s1. The number of fused-ring (bicyclic) bond motifs is 2. The third-order valence-corrected chi connectivity index (χ3v) is 7.05. The molecular weight excluding hydrogens is 340 g/mol. The number of amides is 1. The maximum Gasteiger partial charge on any atom is 0.222 e. The Morgan fingerprint density at radius 2 is 1.89 bits per heavy atom. The molecule has 1 aliphatic carbocycles. The number of hydrogen-bond donors (Lipinski definition) is 1. The van der Waals surface area contributed by atoms with Gasteiger partial charge in [0.25, 0.3) is 0 Å². The smallest absolute Gasteiger partial charge is 0.222 e. The van der Waals surface area contributed by atoms with Crippen molar-refractivity contribution in [1.29, 1.82) is 0 Å². The molecule has 2 saturated heterocycles. The predicted molar refractivity (Wildman–Crippen MR) is 105 cm³/mol. The number of aliphatic hydroxyl groups is 1. The summed E-state index contributed by atoms with van der Waals surface area (Å²) in [6, 6.07) is 8.51. The van der Waals surface area contributed by atoms with E-state index in [-0.39, 0.29) is 17.4 Å². The van der Waals surface area contributed by atoms with Gasteiger partial charge >= 0.3 is 0 Å². The van der Waals surface area contributed by atoms with Gasteiger partial charge in [0.15, 0.2) is 0 Å². The first-order valence-corrected chi connectivity index (χ1v) is 10.3. The Kier molecular flexibility index (Phi) is 5.28. The van der Waals surface area contributed by atoms with Crippen LogP contribution in [0.4, 0.5) is 0 Å². The lowest BCUT2D eigenvalue weighted by atomic mass is 9.72. The summed E-state index contributed by atoms with van der Waals surface area (Å²) in [7, 11) is 4.08. The maximum atomic E-state index is 12.8. The maximum absolute atomic E-state index is 12.8. The van der Waals surface area contributed by atoms with Gasteiger partial charge in [0, 0.05) is 38.1 Å². The van der Waals surface area contributed by atoms with Gasteiger partial charge in [-0.15, -0.1) is 0 Å². The molecule has 0 radical (unpaired) electrons. The Bertz CT molecular complexity index is 676. The largest absolute Gasteiger partial charge is 0.390 e. The molecule has 0 aromatic heterocycles. The summed E-state index contributed by atoms with van der Waals surface area (Å²) in [4.78, 5) is 16.9. The molecule has 1 spiro atoms. The van der Waals surface area contributed by atoms with Crippen molar-refractivity contribution < 1.29 is 14.6 Å². The van der Waals surface area contributed by atoms with Crippen LogP contribution in [-0.2, 0) is 14.9 Å². The Hall–Kier alpha value is -1.43. The highest BCUT2D eigenvalue weighted by Gasteiger charge is 2.53. The van der Waals surface area contributed by atoms with Crippen LogP contribution in [0.3, 0.4) is 0 Å². The van der Waals surface area contributed by atoms with Gasteiger partial charge in [-0.05, 0) is 56.8 Å². The molecule has 3 aliphatic rings. The average Bonchev–Trinajstić information content (AvgIpc) is 2.92. The van der Waals surface area contributed by atoms with Crippen molar-refractivity contribution in [2.45, 2.75) is 49.7 Å². The fourth-order valence-electron chi connectivity index (χ4n) is 5.45. The zero-order chi connectivity index (χ0) is 19.0. The molecule has 0 saturated carbocycles. The van der Waals surface area contributed by atoms with Crippen LogP contribution in [0.5, 0.6) is 0 Å². The number of aliphatic hydroxyl groups excluding tert-OH is 1. The summed E-state index contributed by atoms with van der Waals surface area (Å²) in [6.45, 7) is 3.06. The van der Waals surface area contributed by atoms with E-state index in [2.05, 4.69) is 29.2 Å². The van der Waals surface area contributed by atoms with Gasteiger partial charge < -0.3 is 19.6 Å². The van der Waals surface area contributed by atoms with Crippen LogP contribution in [0, 0.1) is 5.92 Å². The lowest BCUT2D eigenvalue weighted by Gasteiger charge is -2.43. The van der Waals surface area contributed by atoms with Crippen molar-refractivity contribution in [2.75, 3.05) is 40.4 Å². The minimum absolute atomic E-state index is 0.0330. The second-order valence-corrected chi connectivity index (χ2v) is 8.74. The van der Waals surface area contributed by atoms with Crippen molar-refractivity contribution in [3.8, 4) is 0 Å². The van der Waals surface area contributed by atoms with Gasteiger partial charge in [-0.3, -0.25) is 4.79 Å². The number of piperidine rings is 1. The van der Waals surface area contributed by atoms with E-state index in [1.807, 2.05) is 19.0 Å². The lowest BCUT2D eigenvalue weighted by molar-refractivity contribution is -0.135. The number of benzene rings is 1. The molecule has 1 aromatic carbocycles. The van der Waals surface area contributed by atoms with Crippen LogP contribution in [-0.4, -0.2) is 67.3 Å². The normalized spacial score (nSPS) is 27.9. The van der Waals surface area contributed by atoms with Gasteiger partial charge in [-0.1, -0.05) is 24.3 Å². The molecule has 1 aromatic rings. The Morgan fingerprint density at radius 1 is 1.22 bits per heavy atom. The van der Waals surface area contributed by atoms with Gasteiger partial charge in [0.05, 0.1) is 12.1 Å². The Morgan fingerprint density at radius 3 is 2.56 bits per heavy atom. The average molecular weight is 373 g/mol. The van der Waals surface area contributed by atoms with E-state index in [1.165, 1.54) is 11.1 Å². The first-order valence-electron chi connectivity index (χ1n) is 10.3. The molecule has 2 fully saturated rings. The number of hydrogen-bond acceptors (Lipinski definition) is 4. The monoisotopic (exact) mass is 372 g/mol. The van der Waals surface area contributed by atoms with Crippen molar-refractivity contribution in [2.24, 2.45) is 5.92 Å². The highest BCUT2D eigenvalue weighted by Crippen LogP contribution is 2.52. The van der Waals surface area contributed by atoms with E-state index < -0.39 is 6.10 Å². The summed E-state index contributed by atoms with van der Waals surface area (Å²) in [5.74, 6) is 0.750. The molecule has 5 heteroatoms. The first-order chi connectivity index (χ1) is 13.0. The summed E-state index contributed by atoms with van der Waals surface area (Å²) in [5.41, 5.74) is 2.31. The third-order valence-electron chi connectivity index (χ3n) is 7.05. The number of carbonyl (C=O) groups excluding carboxylic acids is 1. The highest BCUT2D eigenvalue weighted by atomic mass is 16.5. The SMILES string of the molecule is CN(C)[C@@H]1c2ccccc2C2(CCN(C(=O)CC3CCOCC3)CC2)[C@H]1O. The van der Waals surface area contributed by atoms with Crippen LogP contribution in [0.25, 0.3) is 0 Å². The number of ether oxygens (including phenoxy) is 1. The topological polar surface area (TPSA) is 53.0 Å². The quantitative estimate of drug-likeness (QED) is 0.885. The van der Waals surface area contributed by atoms with Crippen LogP contribution >= 0.6 is 0 Å². The molecule has 148 valence electrons. The van der Waals surface area contributed by atoms with Crippen LogP contribution in [0.15, 0.2) is 24.3 Å². The second kappa shape index (κ2) is 7.53. The van der Waals surface area contributed by atoms with Crippen LogP contribution in [0.1, 0.15) is 49.3 Å². The van der Waals surface area contributed by atoms with E-state index in [0.717, 1.165) is 52.0 Å². The van der Waals surface area contributed by atoms with Crippen LogP contribution in [0.2, 0.25) is 0 Å². The molecule has 27 heavy (non-hydrogen) atoms. The molecule has 4 rings (SSSR count). The Balaban J connectivity index is 1.47. The number of carbonyl (C=O) groups is 1. The fraction of sp³-hybridized carbons (Fsp3) is 0.682. The summed E-state index contributed by atoms with van der Waals surface area (Å²) < 4.78 is 5.41. The zero-order valence-corrected chi connectivity index (χ0v) is 16.6. The third kappa shape index (κ3) is 3.30. The molecule has 0 unspecified atom stereocenters. The number of likely N-dealkylation sites (N-methyl/N-ethyl adjacent to an activating group) is 1. The van der Waals surface area contributed by atoms with E-state index >= 15 is 0 Å². The van der Waals surface area contributed by atoms with Gasteiger partial charge in [0.2, 0.25) is 5.91 Å². The number of rotatable bonds is 3. The number of likely N-dealkylation sites (tertiary alicyclic amines) is 1. The molecule has 5 nitrogen and oxygen atoms in total. The van der Waals surface area contributed by atoms with E-state index in [0.29, 0.717) is 12.3 Å². The summed E-state index contributed by atoms with van der Waals surface area (Å²) in [5, 5.41) is 11.3. The van der Waals surface area contributed by atoms with Gasteiger partial charge in [-0.25, -0.2) is 0 Å². The van der Waals surface area contributed by atoms with Crippen molar-refractivity contribution in [3.05, 3.63) is 35.4 Å². The van der Waals surface area contributed by atoms with Crippen molar-refractivity contribution in [3.63, 3.8) is 0 Å². The zero-order valence-electron chi connectivity index (χ0n) is 16.6. The molecule has 2 aliphatic heterocycles. The van der Waals surface area contributed by atoms with E-state index in [9.17, 15) is 9.90 Å². The lowest BCUT2D eigenvalue weighted by Crippen LogP contribution is -2.50. The molecule has 1 amide bonds. The van der Waals surface area contributed by atoms with Crippen LogP contribution < -0.4 is 0 Å². The minimum atomic E-state index is -0.419. The summed E-state index contributed by atoms with van der Waals surface area (Å²) >= 11 is 0. The van der Waals surface area contributed by atoms with E-state index in [1.54, 1.807) is 0 Å². The van der Waals surface area contributed by atoms with Crippen molar-refractivity contribution in [1.82, 2.24) is 9.80 Å². The predicted octanol–water partition coefficient (Wildman–Crippen LogP) is 2.34. The van der Waals surface area contributed by atoms with Gasteiger partial charge in [-0.2, -0.15) is 0 Å². The Labute approximate surface area is 162 Å². The number of nitrogens with zero attached hydrogens (tertiary/aromatic N) is 2. The highest BCUT2D eigenvalue weighted by molar-refractivity contribution is 5.76. The molecule has 2 atom stereocenters. The molecule has 0 bridgehead atoms. The minimum Gasteiger partial charge on any atom is -0.390 e. The molecule has 2 heterocycles. The molecular formula is C22H32N2O3. The molecule has 1 N–H and O–H groups in total. The van der Waals surface area contributed by atoms with E-state index in [4.69, 9.17) is 4.74 Å². The van der Waals surface area contributed by atoms with Crippen molar-refractivity contribution >= 4 is 5.91 Å². The fourth-order valence-corrected chi connectivity index (χ4v) is 5.45. The van der Waals surface area contributed by atoms with Gasteiger partial charge in [0.1, 0.15) is 0 Å². The first kappa shape index (κ1) is 18.9.